The first kappa shape index (κ1) is 14.8. The van der Waals surface area contributed by atoms with Crippen LogP contribution in [0.5, 0.6) is 0 Å². The predicted octanol–water partition coefficient (Wildman–Crippen LogP) is 4.90. The van der Waals surface area contributed by atoms with Crippen molar-refractivity contribution in [2.45, 2.75) is 32.3 Å². The Kier molecular flexibility index (Phi) is 4.00. The van der Waals surface area contributed by atoms with E-state index in [9.17, 15) is 5.11 Å². The number of aliphatic hydroxyl groups is 1. The number of rotatable bonds is 3. The molecule has 2 aromatic rings. The molecule has 1 nitrogen and oxygen atoms in total. The van der Waals surface area contributed by atoms with Crippen LogP contribution in [0.3, 0.4) is 0 Å². The van der Waals surface area contributed by atoms with E-state index in [1.807, 2.05) is 42.5 Å². The van der Waals surface area contributed by atoms with Gasteiger partial charge in [0, 0.05) is 0 Å². The summed E-state index contributed by atoms with van der Waals surface area (Å²) >= 11 is 0. The van der Waals surface area contributed by atoms with Crippen molar-refractivity contribution < 1.29 is 5.11 Å². The second-order valence-electron chi connectivity index (χ2n) is 6.10. The van der Waals surface area contributed by atoms with Crippen LogP contribution in [-0.2, 0) is 5.60 Å². The highest BCUT2D eigenvalue weighted by molar-refractivity contribution is 5.48. The number of hydrogen-bond acceptors (Lipinski definition) is 1. The largest absolute Gasteiger partial charge is 0.376 e. The smallest absolute Gasteiger partial charge is 0.136 e. The summed E-state index contributed by atoms with van der Waals surface area (Å²) in [6.45, 7) is 4.16. The molecule has 1 heteroatoms. The van der Waals surface area contributed by atoms with Crippen LogP contribution in [0.1, 0.15) is 36.5 Å². The van der Waals surface area contributed by atoms with Gasteiger partial charge in [-0.05, 0) is 43.4 Å². The fourth-order valence-electron chi connectivity index (χ4n) is 3.23. The van der Waals surface area contributed by atoms with E-state index in [2.05, 4.69) is 38.1 Å². The zero-order chi connectivity index (χ0) is 15.6. The fraction of sp³-hybridized carbons (Fsp3) is 0.238. The van der Waals surface area contributed by atoms with Gasteiger partial charge in [-0.2, -0.15) is 0 Å². The minimum Gasteiger partial charge on any atom is -0.376 e. The molecule has 0 spiro atoms. The third kappa shape index (κ3) is 2.65. The van der Waals surface area contributed by atoms with Gasteiger partial charge in [0.25, 0.3) is 0 Å². The molecule has 22 heavy (non-hydrogen) atoms. The van der Waals surface area contributed by atoms with Crippen LogP contribution in [0, 0.1) is 6.92 Å². The first-order valence-corrected chi connectivity index (χ1v) is 7.83. The highest BCUT2D eigenvalue weighted by atomic mass is 16.3. The van der Waals surface area contributed by atoms with Gasteiger partial charge in [-0.15, -0.1) is 0 Å². The Morgan fingerprint density at radius 3 is 2.32 bits per heavy atom. The van der Waals surface area contributed by atoms with Crippen LogP contribution in [0.15, 0.2) is 77.9 Å². The Hall–Kier alpha value is -2.12. The third-order valence-corrected chi connectivity index (χ3v) is 4.37. The lowest BCUT2D eigenvalue weighted by Gasteiger charge is -2.34. The number of hydrogen-bond donors (Lipinski definition) is 1. The normalized spacial score (nSPS) is 17.4. The molecular weight excluding hydrogens is 268 g/mol. The summed E-state index contributed by atoms with van der Waals surface area (Å²) in [6, 6.07) is 18.2. The monoisotopic (exact) mass is 290 g/mol. The fourth-order valence-corrected chi connectivity index (χ4v) is 3.23. The maximum Gasteiger partial charge on any atom is 0.136 e. The summed E-state index contributed by atoms with van der Waals surface area (Å²) in [5, 5.41) is 11.7. The molecule has 0 amide bonds. The molecular formula is C21H22O. The summed E-state index contributed by atoms with van der Waals surface area (Å²) in [7, 11) is 0. The molecule has 1 N–H and O–H groups in total. The molecule has 0 bridgehead atoms. The van der Waals surface area contributed by atoms with Crippen LogP contribution < -0.4 is 0 Å². The van der Waals surface area contributed by atoms with Gasteiger partial charge in [0.2, 0.25) is 0 Å². The van der Waals surface area contributed by atoms with Gasteiger partial charge in [-0.3, -0.25) is 0 Å². The molecule has 0 fully saturated rings. The quantitative estimate of drug-likeness (QED) is 0.852. The Bertz CT molecular complexity index is 725. The summed E-state index contributed by atoms with van der Waals surface area (Å²) in [5.41, 5.74) is 4.28. The molecule has 112 valence electrons. The topological polar surface area (TPSA) is 20.2 Å². The molecule has 0 saturated heterocycles. The van der Waals surface area contributed by atoms with Crippen molar-refractivity contribution in [3.63, 3.8) is 0 Å². The van der Waals surface area contributed by atoms with Gasteiger partial charge in [0.1, 0.15) is 5.60 Å². The lowest BCUT2D eigenvalue weighted by atomic mass is 9.76. The highest BCUT2D eigenvalue weighted by Gasteiger charge is 2.35. The van der Waals surface area contributed by atoms with Gasteiger partial charge in [0.15, 0.2) is 0 Å². The van der Waals surface area contributed by atoms with Crippen molar-refractivity contribution in [1.29, 1.82) is 0 Å². The van der Waals surface area contributed by atoms with Crippen LogP contribution in [0.2, 0.25) is 0 Å². The van der Waals surface area contributed by atoms with Crippen molar-refractivity contribution in [2.24, 2.45) is 0 Å². The van der Waals surface area contributed by atoms with Crippen molar-refractivity contribution in [1.82, 2.24) is 0 Å². The number of allylic oxidation sites excluding steroid dienone is 3. The first-order valence-electron chi connectivity index (χ1n) is 7.83. The van der Waals surface area contributed by atoms with Gasteiger partial charge >= 0.3 is 0 Å². The predicted molar refractivity (Wildman–Crippen MR) is 91.7 cm³/mol. The molecule has 1 unspecified atom stereocenters. The molecule has 0 heterocycles. The second kappa shape index (κ2) is 5.94. The summed E-state index contributed by atoms with van der Waals surface area (Å²) < 4.78 is 0. The standard InChI is InChI=1S/C21H22O/c1-16-8-6-12-19(14-16)21(22,18-10-4-3-5-11-18)20-13-7-9-17(2)15-20/h3-6,8-12,14-15,22H,7,13H2,1-2H3. The van der Waals surface area contributed by atoms with Crippen LogP contribution in [0.4, 0.5) is 0 Å². The van der Waals surface area contributed by atoms with Crippen LogP contribution >= 0.6 is 0 Å². The third-order valence-electron chi connectivity index (χ3n) is 4.37. The molecule has 1 aliphatic rings. The van der Waals surface area contributed by atoms with E-state index >= 15 is 0 Å². The average molecular weight is 290 g/mol. The molecule has 3 rings (SSSR count). The molecule has 0 aliphatic heterocycles. The second-order valence-corrected chi connectivity index (χ2v) is 6.10. The Morgan fingerprint density at radius 1 is 0.909 bits per heavy atom. The van der Waals surface area contributed by atoms with E-state index in [4.69, 9.17) is 0 Å². The molecule has 1 aliphatic carbocycles. The van der Waals surface area contributed by atoms with E-state index in [1.54, 1.807) is 0 Å². The van der Waals surface area contributed by atoms with Crippen molar-refractivity contribution in [3.8, 4) is 0 Å². The van der Waals surface area contributed by atoms with Gasteiger partial charge in [0.05, 0.1) is 0 Å². The highest BCUT2D eigenvalue weighted by Crippen LogP contribution is 2.40. The average Bonchev–Trinajstić information content (AvgIpc) is 2.55. The van der Waals surface area contributed by atoms with Crippen molar-refractivity contribution in [2.75, 3.05) is 0 Å². The van der Waals surface area contributed by atoms with E-state index in [0.29, 0.717) is 0 Å². The molecule has 1 atom stereocenters. The first-order chi connectivity index (χ1) is 10.6. The van der Waals surface area contributed by atoms with Gasteiger partial charge in [-0.25, -0.2) is 0 Å². The molecule has 0 saturated carbocycles. The lowest BCUT2D eigenvalue weighted by molar-refractivity contribution is 0.116. The zero-order valence-corrected chi connectivity index (χ0v) is 13.2. The molecule has 0 aromatic heterocycles. The van der Waals surface area contributed by atoms with E-state index in [0.717, 1.165) is 35.1 Å². The minimum absolute atomic E-state index is 0.886. The summed E-state index contributed by atoms with van der Waals surface area (Å²) in [6.07, 6.45) is 6.24. The number of aryl methyl sites for hydroxylation is 1. The number of benzene rings is 2. The molecule has 0 radical (unpaired) electrons. The van der Waals surface area contributed by atoms with Crippen molar-refractivity contribution >= 4 is 0 Å². The maximum absolute atomic E-state index is 11.7. The summed E-state index contributed by atoms with van der Waals surface area (Å²) in [5.74, 6) is 0. The zero-order valence-electron chi connectivity index (χ0n) is 13.2. The Morgan fingerprint density at radius 2 is 1.64 bits per heavy atom. The Balaban J connectivity index is 2.21. The van der Waals surface area contributed by atoms with E-state index in [1.165, 1.54) is 5.57 Å². The summed E-state index contributed by atoms with van der Waals surface area (Å²) in [4.78, 5) is 0. The van der Waals surface area contributed by atoms with Crippen LogP contribution in [0.25, 0.3) is 0 Å². The van der Waals surface area contributed by atoms with E-state index in [-0.39, 0.29) is 0 Å². The SMILES string of the molecule is CC1=CCCC(C(O)(c2ccccc2)c2cccc(C)c2)=C1. The van der Waals surface area contributed by atoms with Crippen LogP contribution in [-0.4, -0.2) is 5.11 Å². The van der Waals surface area contributed by atoms with Gasteiger partial charge < -0.3 is 5.11 Å². The van der Waals surface area contributed by atoms with E-state index < -0.39 is 5.60 Å². The lowest BCUT2D eigenvalue weighted by Crippen LogP contribution is -2.30. The van der Waals surface area contributed by atoms with Crippen molar-refractivity contribution in [3.05, 3.63) is 94.6 Å². The van der Waals surface area contributed by atoms with Gasteiger partial charge in [-0.1, -0.05) is 77.9 Å². The maximum atomic E-state index is 11.7. The minimum atomic E-state index is -1.05. The Labute approximate surface area is 132 Å². The molecule has 2 aromatic carbocycles.